The van der Waals surface area contributed by atoms with Crippen molar-refractivity contribution in [2.24, 2.45) is 5.92 Å². The van der Waals surface area contributed by atoms with Gasteiger partial charge in [0.25, 0.3) is 0 Å². The Morgan fingerprint density at radius 3 is 2.44 bits per heavy atom. The number of carbonyl (C=O) groups excluding carboxylic acids is 2. The molecule has 0 radical (unpaired) electrons. The molecule has 0 unspecified atom stereocenters. The van der Waals surface area contributed by atoms with E-state index in [-0.39, 0.29) is 12.0 Å². The number of rotatable bonds is 4. The monoisotopic (exact) mass is 368 g/mol. The standard InChI is InChI=1S/C22H28N2O3/c1-17(2)16-27-22(26)24-11-5-10-23(12-13-24)21(25)15-18-8-9-19-6-3-4-7-20(19)14-18/h3-4,6-9,14,17H,5,10-13,15-16H2,1-2H3. The fraction of sp³-hybridized carbons (Fsp3) is 0.455. The van der Waals surface area contributed by atoms with Gasteiger partial charge in [-0.25, -0.2) is 4.79 Å². The zero-order valence-corrected chi connectivity index (χ0v) is 16.2. The zero-order valence-electron chi connectivity index (χ0n) is 16.2. The van der Waals surface area contributed by atoms with Crippen molar-refractivity contribution in [3.63, 3.8) is 0 Å². The normalized spacial score (nSPS) is 15.1. The van der Waals surface area contributed by atoms with Crippen molar-refractivity contribution in [2.45, 2.75) is 26.7 Å². The van der Waals surface area contributed by atoms with E-state index < -0.39 is 0 Å². The highest BCUT2D eigenvalue weighted by atomic mass is 16.6. The first-order valence-electron chi connectivity index (χ1n) is 9.70. The van der Waals surface area contributed by atoms with Crippen molar-refractivity contribution in [1.82, 2.24) is 9.80 Å². The summed E-state index contributed by atoms with van der Waals surface area (Å²) in [5.74, 6) is 0.434. The number of hydrogen-bond acceptors (Lipinski definition) is 3. The summed E-state index contributed by atoms with van der Waals surface area (Å²) in [6.45, 7) is 6.87. The van der Waals surface area contributed by atoms with Gasteiger partial charge in [-0.2, -0.15) is 0 Å². The van der Waals surface area contributed by atoms with Crippen LogP contribution in [0.5, 0.6) is 0 Å². The smallest absolute Gasteiger partial charge is 0.409 e. The molecule has 144 valence electrons. The lowest BCUT2D eigenvalue weighted by molar-refractivity contribution is -0.130. The summed E-state index contributed by atoms with van der Waals surface area (Å²) in [5.41, 5.74) is 1.02. The van der Waals surface area contributed by atoms with Crippen molar-refractivity contribution in [3.8, 4) is 0 Å². The average molecular weight is 368 g/mol. The van der Waals surface area contributed by atoms with Crippen LogP contribution in [0.25, 0.3) is 10.8 Å². The Bertz CT molecular complexity index is 803. The highest BCUT2D eigenvalue weighted by molar-refractivity contribution is 5.85. The number of nitrogens with zero attached hydrogens (tertiary/aromatic N) is 2. The number of benzene rings is 2. The second kappa shape index (κ2) is 8.89. The molecule has 2 aromatic rings. The minimum absolute atomic E-state index is 0.114. The zero-order chi connectivity index (χ0) is 19.2. The lowest BCUT2D eigenvalue weighted by Crippen LogP contribution is -2.38. The van der Waals surface area contributed by atoms with Crippen molar-refractivity contribution in [1.29, 1.82) is 0 Å². The van der Waals surface area contributed by atoms with Gasteiger partial charge in [0.1, 0.15) is 0 Å². The average Bonchev–Trinajstić information content (AvgIpc) is 2.92. The van der Waals surface area contributed by atoms with Gasteiger partial charge < -0.3 is 14.5 Å². The van der Waals surface area contributed by atoms with Gasteiger partial charge >= 0.3 is 6.09 Å². The summed E-state index contributed by atoms with van der Waals surface area (Å²) >= 11 is 0. The van der Waals surface area contributed by atoms with Crippen LogP contribution < -0.4 is 0 Å². The summed E-state index contributed by atoms with van der Waals surface area (Å²) in [4.78, 5) is 28.5. The summed E-state index contributed by atoms with van der Waals surface area (Å²) in [7, 11) is 0. The molecule has 0 N–H and O–H groups in total. The van der Waals surface area contributed by atoms with Crippen molar-refractivity contribution >= 4 is 22.8 Å². The van der Waals surface area contributed by atoms with Crippen LogP contribution in [-0.2, 0) is 16.0 Å². The predicted molar refractivity (Wildman–Crippen MR) is 107 cm³/mol. The summed E-state index contributed by atoms with van der Waals surface area (Å²) in [6, 6.07) is 14.3. The number of hydrogen-bond donors (Lipinski definition) is 0. The van der Waals surface area contributed by atoms with Gasteiger partial charge in [-0.1, -0.05) is 56.3 Å². The van der Waals surface area contributed by atoms with Crippen molar-refractivity contribution in [2.75, 3.05) is 32.8 Å². The van der Waals surface area contributed by atoms with Gasteiger partial charge in [-0.15, -0.1) is 0 Å². The Labute approximate surface area is 160 Å². The molecule has 0 bridgehead atoms. The number of amides is 2. The molecule has 1 fully saturated rings. The molecule has 5 nitrogen and oxygen atoms in total. The molecule has 0 saturated carbocycles. The first-order valence-corrected chi connectivity index (χ1v) is 9.70. The van der Waals surface area contributed by atoms with E-state index in [4.69, 9.17) is 4.74 Å². The van der Waals surface area contributed by atoms with Crippen LogP contribution >= 0.6 is 0 Å². The maximum Gasteiger partial charge on any atom is 0.409 e. The highest BCUT2D eigenvalue weighted by Gasteiger charge is 2.23. The summed E-state index contributed by atoms with van der Waals surface area (Å²) in [5, 5.41) is 2.33. The van der Waals surface area contributed by atoms with E-state index in [1.54, 1.807) is 4.90 Å². The maximum absolute atomic E-state index is 12.7. The number of ether oxygens (including phenoxy) is 1. The van der Waals surface area contributed by atoms with Crippen LogP contribution in [0.2, 0.25) is 0 Å². The van der Waals surface area contributed by atoms with Gasteiger partial charge in [0.2, 0.25) is 5.91 Å². The Hall–Kier alpha value is -2.56. The van der Waals surface area contributed by atoms with E-state index in [1.807, 2.05) is 36.9 Å². The molecule has 5 heteroatoms. The summed E-state index contributed by atoms with van der Waals surface area (Å²) < 4.78 is 5.31. The van der Waals surface area contributed by atoms with Gasteiger partial charge in [-0.05, 0) is 28.7 Å². The molecule has 2 aromatic carbocycles. The number of carbonyl (C=O) groups is 2. The molecular weight excluding hydrogens is 340 g/mol. The third kappa shape index (κ3) is 5.22. The van der Waals surface area contributed by atoms with E-state index in [0.29, 0.717) is 45.1 Å². The van der Waals surface area contributed by atoms with E-state index >= 15 is 0 Å². The third-order valence-electron chi connectivity index (χ3n) is 4.82. The molecule has 1 aliphatic heterocycles. The first kappa shape index (κ1) is 19.2. The van der Waals surface area contributed by atoms with Crippen LogP contribution in [0.4, 0.5) is 4.79 Å². The number of fused-ring (bicyclic) bond motifs is 1. The fourth-order valence-electron chi connectivity index (χ4n) is 3.31. The maximum atomic E-state index is 12.7. The van der Waals surface area contributed by atoms with Crippen molar-refractivity contribution in [3.05, 3.63) is 48.0 Å². The minimum atomic E-state index is -0.271. The molecule has 0 spiro atoms. The molecule has 1 saturated heterocycles. The lowest BCUT2D eigenvalue weighted by atomic mass is 10.0. The second-order valence-corrected chi connectivity index (χ2v) is 7.55. The predicted octanol–water partition coefficient (Wildman–Crippen LogP) is 3.71. The Balaban J connectivity index is 1.56. The topological polar surface area (TPSA) is 49.9 Å². The first-order chi connectivity index (χ1) is 13.0. The van der Waals surface area contributed by atoms with E-state index in [1.165, 1.54) is 5.39 Å². The van der Waals surface area contributed by atoms with Gasteiger partial charge in [-0.3, -0.25) is 4.79 Å². The molecular formula is C22H28N2O3. The largest absolute Gasteiger partial charge is 0.449 e. The van der Waals surface area contributed by atoms with Crippen LogP contribution in [0.3, 0.4) is 0 Å². The Morgan fingerprint density at radius 1 is 0.963 bits per heavy atom. The van der Waals surface area contributed by atoms with Crippen LogP contribution in [0.15, 0.2) is 42.5 Å². The Morgan fingerprint density at radius 2 is 1.67 bits per heavy atom. The molecule has 27 heavy (non-hydrogen) atoms. The quantitative estimate of drug-likeness (QED) is 0.827. The third-order valence-corrected chi connectivity index (χ3v) is 4.82. The fourth-order valence-corrected chi connectivity index (χ4v) is 3.31. The van der Waals surface area contributed by atoms with Gasteiger partial charge in [0, 0.05) is 26.2 Å². The molecule has 0 aliphatic carbocycles. The van der Waals surface area contributed by atoms with Gasteiger partial charge in [0.15, 0.2) is 0 Å². The van der Waals surface area contributed by atoms with E-state index in [9.17, 15) is 9.59 Å². The van der Waals surface area contributed by atoms with Crippen LogP contribution in [-0.4, -0.2) is 54.6 Å². The molecule has 1 heterocycles. The molecule has 1 aliphatic rings. The van der Waals surface area contributed by atoms with E-state index in [2.05, 4.69) is 24.3 Å². The molecule has 0 atom stereocenters. The van der Waals surface area contributed by atoms with Crippen LogP contribution in [0, 0.1) is 5.92 Å². The Kier molecular flexibility index (Phi) is 6.32. The second-order valence-electron chi connectivity index (χ2n) is 7.55. The van der Waals surface area contributed by atoms with Gasteiger partial charge in [0.05, 0.1) is 13.0 Å². The minimum Gasteiger partial charge on any atom is -0.449 e. The summed E-state index contributed by atoms with van der Waals surface area (Å²) in [6.07, 6.45) is 0.899. The van der Waals surface area contributed by atoms with Crippen LogP contribution in [0.1, 0.15) is 25.8 Å². The molecule has 2 amide bonds. The molecule has 3 rings (SSSR count). The SMILES string of the molecule is CC(C)COC(=O)N1CCCN(C(=O)Cc2ccc3ccccc3c2)CC1. The highest BCUT2D eigenvalue weighted by Crippen LogP contribution is 2.17. The molecule has 0 aromatic heterocycles. The van der Waals surface area contributed by atoms with Crippen molar-refractivity contribution < 1.29 is 14.3 Å². The van der Waals surface area contributed by atoms with E-state index in [0.717, 1.165) is 17.4 Å². The lowest BCUT2D eigenvalue weighted by Gasteiger charge is -2.22.